The van der Waals surface area contributed by atoms with Gasteiger partial charge in [-0.05, 0) is 79.2 Å². The molecule has 1 nitrogen and oxygen atoms in total. The van der Waals surface area contributed by atoms with E-state index in [0.717, 1.165) is 16.8 Å². The molecule has 0 saturated carbocycles. The maximum absolute atomic E-state index is 5.08. The predicted octanol–water partition coefficient (Wildman–Crippen LogP) is 10.8. The highest BCUT2D eigenvalue weighted by Gasteiger charge is 2.08. The molecule has 0 fully saturated rings. The fourth-order valence-corrected chi connectivity index (χ4v) is 5.78. The van der Waals surface area contributed by atoms with Crippen molar-refractivity contribution >= 4 is 44.1 Å². The minimum atomic E-state index is 0.622. The van der Waals surface area contributed by atoms with E-state index in [1.165, 1.54) is 54.6 Å². The van der Waals surface area contributed by atoms with Crippen LogP contribution >= 0.6 is 0 Å². The van der Waals surface area contributed by atoms with Crippen LogP contribution in [0.5, 0.6) is 0 Å². The van der Waals surface area contributed by atoms with Crippen molar-refractivity contribution in [1.29, 1.82) is 0 Å². The molecule has 0 aliphatic rings. The van der Waals surface area contributed by atoms with Gasteiger partial charge in [-0.3, -0.25) is 4.99 Å². The van der Waals surface area contributed by atoms with Crippen LogP contribution in [-0.2, 0) is 6.54 Å². The van der Waals surface area contributed by atoms with Gasteiger partial charge in [0, 0.05) is 0 Å². The van der Waals surface area contributed by atoms with Gasteiger partial charge in [0.2, 0.25) is 0 Å². The number of fused-ring (bicyclic) bond motifs is 6. The number of aryl methyl sites for hydroxylation is 1. The van der Waals surface area contributed by atoms with E-state index in [9.17, 15) is 0 Å². The molecule has 0 heterocycles. The zero-order chi connectivity index (χ0) is 28.3. The summed E-state index contributed by atoms with van der Waals surface area (Å²) in [6, 6.07) is 52.1. The quantitative estimate of drug-likeness (QED) is 0.148. The van der Waals surface area contributed by atoms with Gasteiger partial charge in [0.05, 0.1) is 12.3 Å². The van der Waals surface area contributed by atoms with Crippen LogP contribution in [0, 0.1) is 6.92 Å². The van der Waals surface area contributed by atoms with Gasteiger partial charge >= 0.3 is 0 Å². The first kappa shape index (κ1) is 25.7. The molecule has 0 radical (unpaired) electrons. The maximum Gasteiger partial charge on any atom is 0.0650 e. The standard InChI is InChI=1S/C41H31N/c1-29-15-21-32(22-16-29)33-23-17-31(18-24-33)28-42-41(34-9-3-2-4-10-34)26-20-30-19-25-39-37-13-6-5-11-35(37)36-12-7-8-14-38(36)40(39)27-30/h2-27H,28H2,1H3/b26-20+,42-41+. The molecule has 0 aliphatic carbocycles. The van der Waals surface area contributed by atoms with E-state index in [-0.39, 0.29) is 0 Å². The number of rotatable bonds is 6. The maximum atomic E-state index is 5.08. The first-order valence-corrected chi connectivity index (χ1v) is 14.5. The molecular weight excluding hydrogens is 506 g/mol. The van der Waals surface area contributed by atoms with E-state index in [4.69, 9.17) is 4.99 Å². The van der Waals surface area contributed by atoms with E-state index in [0.29, 0.717) is 6.54 Å². The van der Waals surface area contributed by atoms with Gasteiger partial charge in [-0.2, -0.15) is 0 Å². The lowest BCUT2D eigenvalue weighted by atomic mass is 9.93. The van der Waals surface area contributed by atoms with Crippen molar-refractivity contribution in [3.05, 3.63) is 174 Å². The monoisotopic (exact) mass is 537 g/mol. The summed E-state index contributed by atoms with van der Waals surface area (Å²) >= 11 is 0. The molecule has 0 N–H and O–H groups in total. The molecular formula is C41H31N. The van der Waals surface area contributed by atoms with Crippen molar-refractivity contribution in [3.63, 3.8) is 0 Å². The Balaban J connectivity index is 1.22. The normalized spacial score (nSPS) is 12.1. The van der Waals surface area contributed by atoms with E-state index in [1.807, 2.05) is 6.07 Å². The summed E-state index contributed by atoms with van der Waals surface area (Å²) in [5.41, 5.74) is 8.17. The number of nitrogens with zero attached hydrogens (tertiary/aromatic N) is 1. The predicted molar refractivity (Wildman–Crippen MR) is 181 cm³/mol. The number of hydrogen-bond donors (Lipinski definition) is 0. The second-order valence-electron chi connectivity index (χ2n) is 10.9. The molecule has 0 spiro atoms. The van der Waals surface area contributed by atoms with Crippen LogP contribution in [-0.4, -0.2) is 5.71 Å². The summed E-state index contributed by atoms with van der Waals surface area (Å²) in [5, 5.41) is 7.73. The second-order valence-corrected chi connectivity index (χ2v) is 10.9. The molecule has 200 valence electrons. The molecule has 0 atom stereocenters. The van der Waals surface area contributed by atoms with Crippen LogP contribution in [0.1, 0.15) is 22.3 Å². The highest BCUT2D eigenvalue weighted by molar-refractivity contribution is 6.25. The van der Waals surface area contributed by atoms with E-state index >= 15 is 0 Å². The van der Waals surface area contributed by atoms with Crippen molar-refractivity contribution in [1.82, 2.24) is 0 Å². The number of benzene rings is 7. The third-order valence-electron chi connectivity index (χ3n) is 8.04. The van der Waals surface area contributed by atoms with Gasteiger partial charge in [0.1, 0.15) is 0 Å². The molecule has 0 amide bonds. The SMILES string of the molecule is Cc1ccc(-c2ccc(C/N=C(\C=C\c3ccc4c5ccccc5c5ccccc5c4c3)c3ccccc3)cc2)cc1. The van der Waals surface area contributed by atoms with Crippen LogP contribution in [0.3, 0.4) is 0 Å². The summed E-state index contributed by atoms with van der Waals surface area (Å²) in [7, 11) is 0. The average Bonchev–Trinajstić information content (AvgIpc) is 3.06. The Bertz CT molecular complexity index is 2050. The zero-order valence-corrected chi connectivity index (χ0v) is 23.7. The lowest BCUT2D eigenvalue weighted by Gasteiger charge is -2.11. The lowest BCUT2D eigenvalue weighted by molar-refractivity contribution is 1.07. The van der Waals surface area contributed by atoms with Gasteiger partial charge < -0.3 is 0 Å². The Kier molecular flexibility index (Phi) is 6.92. The van der Waals surface area contributed by atoms with Crippen molar-refractivity contribution in [2.75, 3.05) is 0 Å². The molecule has 42 heavy (non-hydrogen) atoms. The van der Waals surface area contributed by atoms with E-state index in [1.54, 1.807) is 0 Å². The first-order valence-electron chi connectivity index (χ1n) is 14.5. The Morgan fingerprint density at radius 2 is 1.05 bits per heavy atom. The van der Waals surface area contributed by atoms with E-state index in [2.05, 4.69) is 159 Å². The third-order valence-corrected chi connectivity index (χ3v) is 8.04. The molecule has 0 aliphatic heterocycles. The largest absolute Gasteiger partial charge is 0.280 e. The van der Waals surface area contributed by atoms with Gasteiger partial charge in [-0.1, -0.05) is 151 Å². The van der Waals surface area contributed by atoms with Gasteiger partial charge in [0.15, 0.2) is 0 Å². The summed E-state index contributed by atoms with van der Waals surface area (Å²) in [6.45, 7) is 2.74. The average molecular weight is 538 g/mol. The molecule has 0 bridgehead atoms. The second kappa shape index (κ2) is 11.3. The highest BCUT2D eigenvalue weighted by atomic mass is 14.7. The summed E-state index contributed by atoms with van der Waals surface area (Å²) < 4.78 is 0. The number of allylic oxidation sites excluding steroid dienone is 1. The summed E-state index contributed by atoms with van der Waals surface area (Å²) in [6.07, 6.45) is 4.34. The van der Waals surface area contributed by atoms with Crippen LogP contribution in [0.4, 0.5) is 0 Å². The highest BCUT2D eigenvalue weighted by Crippen LogP contribution is 2.35. The Morgan fingerprint density at radius 1 is 0.524 bits per heavy atom. The summed E-state index contributed by atoms with van der Waals surface area (Å²) in [5.74, 6) is 0. The Morgan fingerprint density at radius 3 is 1.67 bits per heavy atom. The lowest BCUT2D eigenvalue weighted by Crippen LogP contribution is -1.98. The Labute approximate surface area is 247 Å². The third kappa shape index (κ3) is 5.13. The molecule has 7 aromatic rings. The Hall–Kier alpha value is -5.27. The van der Waals surface area contributed by atoms with Gasteiger partial charge in [0.25, 0.3) is 0 Å². The molecule has 0 unspecified atom stereocenters. The topological polar surface area (TPSA) is 12.4 Å². The molecule has 7 rings (SSSR count). The fraction of sp³-hybridized carbons (Fsp3) is 0.0488. The smallest absolute Gasteiger partial charge is 0.0650 e. The number of aliphatic imine (C=N–C) groups is 1. The fourth-order valence-electron chi connectivity index (χ4n) is 5.78. The molecule has 0 aromatic heterocycles. The number of hydrogen-bond acceptors (Lipinski definition) is 1. The molecule has 1 heteroatoms. The minimum absolute atomic E-state index is 0.622. The van der Waals surface area contributed by atoms with Gasteiger partial charge in [-0.15, -0.1) is 0 Å². The summed E-state index contributed by atoms with van der Waals surface area (Å²) in [4.78, 5) is 5.08. The van der Waals surface area contributed by atoms with Crippen LogP contribution in [0.25, 0.3) is 49.5 Å². The van der Waals surface area contributed by atoms with Gasteiger partial charge in [-0.25, -0.2) is 0 Å². The van der Waals surface area contributed by atoms with Crippen molar-refractivity contribution in [3.8, 4) is 11.1 Å². The van der Waals surface area contributed by atoms with Crippen molar-refractivity contribution in [2.24, 2.45) is 4.99 Å². The van der Waals surface area contributed by atoms with Crippen molar-refractivity contribution in [2.45, 2.75) is 13.5 Å². The van der Waals surface area contributed by atoms with Crippen molar-refractivity contribution < 1.29 is 0 Å². The minimum Gasteiger partial charge on any atom is -0.280 e. The van der Waals surface area contributed by atoms with Crippen LogP contribution < -0.4 is 0 Å². The molecule has 0 saturated heterocycles. The van der Waals surface area contributed by atoms with E-state index < -0.39 is 0 Å². The first-order chi connectivity index (χ1) is 20.7. The van der Waals surface area contributed by atoms with Crippen LogP contribution in [0.15, 0.2) is 157 Å². The van der Waals surface area contributed by atoms with Crippen LogP contribution in [0.2, 0.25) is 0 Å². The zero-order valence-electron chi connectivity index (χ0n) is 23.7. The molecule has 7 aromatic carbocycles.